The van der Waals surface area contributed by atoms with Crippen molar-refractivity contribution in [3.05, 3.63) is 30.6 Å². The molecule has 0 saturated carbocycles. The number of benzene rings is 1. The Kier molecular flexibility index (Phi) is 5.03. The van der Waals surface area contributed by atoms with Crippen LogP contribution in [0.15, 0.2) is 30.6 Å². The second kappa shape index (κ2) is 7.59. The van der Waals surface area contributed by atoms with Gasteiger partial charge in [-0.1, -0.05) is 6.92 Å². The van der Waals surface area contributed by atoms with E-state index < -0.39 is 0 Å². The van der Waals surface area contributed by atoms with E-state index in [2.05, 4.69) is 55.5 Å². The molecule has 1 aromatic carbocycles. The number of hydrogen-bond donors (Lipinski definition) is 2. The molecule has 0 amide bonds. The van der Waals surface area contributed by atoms with Crippen LogP contribution in [-0.4, -0.2) is 59.4 Å². The smallest absolute Gasteiger partial charge is 0.144 e. The highest BCUT2D eigenvalue weighted by Crippen LogP contribution is 2.40. The average Bonchev–Trinajstić information content (AvgIpc) is 2.90. The molecule has 7 nitrogen and oxygen atoms in total. The monoisotopic (exact) mass is 372 g/mol. The Morgan fingerprint density at radius 1 is 1.23 bits per heavy atom. The lowest BCUT2D eigenvalue weighted by atomic mass is 10.2. The van der Waals surface area contributed by atoms with Gasteiger partial charge in [0.1, 0.15) is 35.7 Å². The first kappa shape index (κ1) is 17.2. The summed E-state index contributed by atoms with van der Waals surface area (Å²) < 4.78 is 6.07. The molecule has 2 aliphatic rings. The van der Waals surface area contributed by atoms with Gasteiger partial charge in [0.2, 0.25) is 0 Å². The van der Waals surface area contributed by atoms with Crippen molar-refractivity contribution < 1.29 is 4.74 Å². The minimum atomic E-state index is 0.387. The molecule has 2 aromatic rings. The van der Waals surface area contributed by atoms with Crippen LogP contribution in [0.1, 0.15) is 6.92 Å². The van der Waals surface area contributed by atoms with Gasteiger partial charge in [0.15, 0.2) is 0 Å². The number of likely N-dealkylation sites (N-methyl/N-ethyl adjacent to an activating group) is 1. The summed E-state index contributed by atoms with van der Waals surface area (Å²) >= 11 is 1.96. The second-order valence-corrected chi connectivity index (χ2v) is 7.45. The molecule has 2 N–H and O–H groups in total. The van der Waals surface area contributed by atoms with Gasteiger partial charge in [0.05, 0.1) is 5.69 Å². The van der Waals surface area contributed by atoms with Gasteiger partial charge in [0, 0.05) is 43.8 Å². The van der Waals surface area contributed by atoms with Gasteiger partial charge in [-0.2, -0.15) is 0 Å². The van der Waals surface area contributed by atoms with Crippen molar-refractivity contribution in [3.63, 3.8) is 0 Å². The van der Waals surface area contributed by atoms with Crippen molar-refractivity contribution >= 4 is 34.8 Å². The van der Waals surface area contributed by atoms with Gasteiger partial charge < -0.3 is 20.3 Å². The van der Waals surface area contributed by atoms with Crippen LogP contribution in [0.5, 0.6) is 5.75 Å². The predicted octanol–water partition coefficient (Wildman–Crippen LogP) is 2.81. The first-order valence-electron chi connectivity index (χ1n) is 8.91. The van der Waals surface area contributed by atoms with E-state index in [0.29, 0.717) is 5.37 Å². The Balaban J connectivity index is 1.54. The van der Waals surface area contributed by atoms with Crippen molar-refractivity contribution in [1.29, 1.82) is 0 Å². The SMILES string of the molecule is CCN1CCN2c3ccc(Nc4cc(NC)ncn4)cc3OC[C@@H]2SC1. The van der Waals surface area contributed by atoms with E-state index in [-0.39, 0.29) is 0 Å². The molecular formula is C18H24N6OS. The van der Waals surface area contributed by atoms with Crippen LogP contribution >= 0.6 is 11.8 Å². The Hall–Kier alpha value is -2.19. The van der Waals surface area contributed by atoms with Crippen molar-refractivity contribution in [3.8, 4) is 5.75 Å². The van der Waals surface area contributed by atoms with E-state index in [0.717, 1.165) is 55.2 Å². The number of aromatic nitrogens is 2. The van der Waals surface area contributed by atoms with E-state index in [1.807, 2.05) is 24.9 Å². The van der Waals surface area contributed by atoms with Gasteiger partial charge >= 0.3 is 0 Å². The molecule has 0 radical (unpaired) electrons. The zero-order valence-corrected chi connectivity index (χ0v) is 15.9. The van der Waals surface area contributed by atoms with Crippen LogP contribution in [0, 0.1) is 0 Å². The standard InChI is InChI=1S/C18H24N6OS/c1-3-23-6-7-24-14-5-4-13(8-15(14)25-10-18(24)26-12-23)22-17-9-16(19-2)20-11-21-17/h4-5,8-9,11,18H,3,6-7,10,12H2,1-2H3,(H2,19,20,21,22)/t18-/m0/s1. The molecular weight excluding hydrogens is 348 g/mol. The van der Waals surface area contributed by atoms with Crippen LogP contribution in [-0.2, 0) is 0 Å². The molecule has 0 aliphatic carbocycles. The lowest BCUT2D eigenvalue weighted by molar-refractivity contribution is 0.294. The number of anilines is 4. The van der Waals surface area contributed by atoms with Crippen molar-refractivity contribution in [1.82, 2.24) is 14.9 Å². The number of fused-ring (bicyclic) bond motifs is 3. The van der Waals surface area contributed by atoms with Crippen LogP contribution in [0.4, 0.5) is 23.0 Å². The molecule has 0 spiro atoms. The minimum absolute atomic E-state index is 0.387. The molecule has 0 bridgehead atoms. The zero-order chi connectivity index (χ0) is 17.9. The van der Waals surface area contributed by atoms with Crippen molar-refractivity contribution in [2.45, 2.75) is 12.3 Å². The molecule has 1 aromatic heterocycles. The van der Waals surface area contributed by atoms with Gasteiger partial charge in [-0.3, -0.25) is 4.90 Å². The summed E-state index contributed by atoms with van der Waals surface area (Å²) in [7, 11) is 1.84. The third-order valence-electron chi connectivity index (χ3n) is 4.75. The first-order valence-corrected chi connectivity index (χ1v) is 9.96. The average molecular weight is 372 g/mol. The van der Waals surface area contributed by atoms with Crippen LogP contribution in [0.25, 0.3) is 0 Å². The maximum absolute atomic E-state index is 6.07. The normalized spacial score (nSPS) is 19.8. The van der Waals surface area contributed by atoms with Crippen LogP contribution in [0.3, 0.4) is 0 Å². The van der Waals surface area contributed by atoms with Crippen LogP contribution < -0.4 is 20.3 Å². The van der Waals surface area contributed by atoms with Gasteiger partial charge in [-0.25, -0.2) is 9.97 Å². The fourth-order valence-corrected chi connectivity index (χ4v) is 4.48. The van der Waals surface area contributed by atoms with Gasteiger partial charge in [0.25, 0.3) is 0 Å². The molecule has 138 valence electrons. The topological polar surface area (TPSA) is 65.5 Å². The molecule has 1 saturated heterocycles. The molecule has 26 heavy (non-hydrogen) atoms. The molecule has 1 atom stereocenters. The second-order valence-electron chi connectivity index (χ2n) is 6.31. The van der Waals surface area contributed by atoms with E-state index in [1.165, 1.54) is 5.69 Å². The molecule has 2 aliphatic heterocycles. The molecule has 4 rings (SSSR count). The number of ether oxygens (including phenoxy) is 1. The molecule has 1 fully saturated rings. The number of rotatable bonds is 4. The van der Waals surface area contributed by atoms with E-state index in [9.17, 15) is 0 Å². The first-order chi connectivity index (χ1) is 12.8. The number of thioether (sulfide) groups is 1. The quantitative estimate of drug-likeness (QED) is 0.849. The summed E-state index contributed by atoms with van der Waals surface area (Å²) in [6, 6.07) is 8.16. The third kappa shape index (κ3) is 3.52. The van der Waals surface area contributed by atoms with E-state index in [1.54, 1.807) is 6.33 Å². The van der Waals surface area contributed by atoms with Crippen molar-refractivity contribution in [2.75, 3.05) is 54.7 Å². The maximum atomic E-state index is 6.07. The Morgan fingerprint density at radius 2 is 2.12 bits per heavy atom. The molecule has 3 heterocycles. The molecule has 8 heteroatoms. The zero-order valence-electron chi connectivity index (χ0n) is 15.1. The minimum Gasteiger partial charge on any atom is -0.488 e. The number of nitrogens with one attached hydrogen (secondary N) is 2. The third-order valence-corrected chi connectivity index (χ3v) is 6.04. The van der Waals surface area contributed by atoms with E-state index >= 15 is 0 Å². The summed E-state index contributed by atoms with van der Waals surface area (Å²) in [6.07, 6.45) is 1.54. The predicted molar refractivity (Wildman–Crippen MR) is 108 cm³/mol. The number of hydrogen-bond acceptors (Lipinski definition) is 8. The van der Waals surface area contributed by atoms with E-state index in [4.69, 9.17) is 4.74 Å². The Labute approximate surface area is 158 Å². The number of nitrogens with zero attached hydrogens (tertiary/aromatic N) is 4. The highest BCUT2D eigenvalue weighted by Gasteiger charge is 2.30. The van der Waals surface area contributed by atoms with Gasteiger partial charge in [-0.15, -0.1) is 11.8 Å². The summed E-state index contributed by atoms with van der Waals surface area (Å²) in [6.45, 7) is 6.16. The molecule has 0 unspecified atom stereocenters. The summed E-state index contributed by atoms with van der Waals surface area (Å²) in [4.78, 5) is 13.4. The largest absolute Gasteiger partial charge is 0.488 e. The lowest BCUT2D eigenvalue weighted by Crippen LogP contribution is -2.41. The van der Waals surface area contributed by atoms with Gasteiger partial charge in [-0.05, 0) is 18.7 Å². The summed E-state index contributed by atoms with van der Waals surface area (Å²) in [5, 5.41) is 6.73. The van der Waals surface area contributed by atoms with Crippen LogP contribution in [0.2, 0.25) is 0 Å². The fraction of sp³-hybridized carbons (Fsp3) is 0.444. The highest BCUT2D eigenvalue weighted by atomic mass is 32.2. The lowest BCUT2D eigenvalue weighted by Gasteiger charge is -2.36. The fourth-order valence-electron chi connectivity index (χ4n) is 3.22. The Bertz CT molecular complexity index is 773. The summed E-state index contributed by atoms with van der Waals surface area (Å²) in [5.74, 6) is 3.53. The highest BCUT2D eigenvalue weighted by molar-refractivity contribution is 7.99. The summed E-state index contributed by atoms with van der Waals surface area (Å²) in [5.41, 5.74) is 2.14. The Morgan fingerprint density at radius 3 is 2.96 bits per heavy atom. The maximum Gasteiger partial charge on any atom is 0.144 e. The van der Waals surface area contributed by atoms with Crippen molar-refractivity contribution in [2.24, 2.45) is 0 Å².